The minimum Gasteiger partial charge on any atom is -0.491 e. The fourth-order valence-electron chi connectivity index (χ4n) is 1.90. The Morgan fingerprint density at radius 1 is 1.30 bits per heavy atom. The molecule has 1 aliphatic rings. The lowest BCUT2D eigenvalue weighted by atomic mass is 10.2. The maximum absolute atomic E-state index is 13.3. The Morgan fingerprint density at radius 2 is 2.10 bits per heavy atom. The highest BCUT2D eigenvalue weighted by Crippen LogP contribution is 2.23. The fourth-order valence-corrected chi connectivity index (χ4v) is 1.90. The lowest BCUT2D eigenvalue weighted by Crippen LogP contribution is -2.17. The van der Waals surface area contributed by atoms with Crippen LogP contribution in [0.3, 0.4) is 0 Å². The van der Waals surface area contributed by atoms with E-state index in [2.05, 4.69) is 19.2 Å². The highest BCUT2D eigenvalue weighted by molar-refractivity contribution is 5.34. The van der Waals surface area contributed by atoms with E-state index in [1.807, 2.05) is 0 Å². The van der Waals surface area contributed by atoms with Gasteiger partial charge in [-0.1, -0.05) is 13.8 Å². The third kappa shape index (κ3) is 5.47. The van der Waals surface area contributed by atoms with Crippen molar-refractivity contribution in [1.29, 1.82) is 0 Å². The van der Waals surface area contributed by atoms with E-state index in [-0.39, 0.29) is 5.82 Å². The second kappa shape index (κ2) is 7.60. The van der Waals surface area contributed by atoms with Gasteiger partial charge in [-0.3, -0.25) is 0 Å². The maximum atomic E-state index is 13.3. The Kier molecular flexibility index (Phi) is 5.80. The van der Waals surface area contributed by atoms with Crippen LogP contribution in [0.25, 0.3) is 0 Å². The lowest BCUT2D eigenvalue weighted by molar-refractivity contribution is 0.0816. The van der Waals surface area contributed by atoms with Gasteiger partial charge in [0.2, 0.25) is 0 Å². The number of rotatable bonds is 9. The van der Waals surface area contributed by atoms with Crippen molar-refractivity contribution < 1.29 is 13.9 Å². The normalized spacial score (nSPS) is 14.8. The molecule has 0 saturated heterocycles. The van der Waals surface area contributed by atoms with Crippen LogP contribution in [0.1, 0.15) is 32.3 Å². The third-order valence-electron chi connectivity index (χ3n) is 3.12. The summed E-state index contributed by atoms with van der Waals surface area (Å²) in [5.74, 6) is 1.05. The Bertz CT molecular complexity index is 419. The van der Waals surface area contributed by atoms with E-state index in [1.54, 1.807) is 12.1 Å². The second-order valence-corrected chi connectivity index (χ2v) is 5.72. The molecule has 0 heterocycles. The molecule has 1 aromatic rings. The molecule has 0 bridgehead atoms. The number of nitrogens with one attached hydrogen (secondary N) is 1. The van der Waals surface area contributed by atoms with Crippen molar-refractivity contribution in [3.63, 3.8) is 0 Å². The van der Waals surface area contributed by atoms with E-state index < -0.39 is 0 Å². The van der Waals surface area contributed by atoms with Crippen LogP contribution in [0.15, 0.2) is 18.2 Å². The number of ether oxygens (including phenoxy) is 2. The third-order valence-corrected chi connectivity index (χ3v) is 3.12. The molecule has 0 unspecified atom stereocenters. The van der Waals surface area contributed by atoms with Crippen LogP contribution in [0.5, 0.6) is 5.75 Å². The summed E-state index contributed by atoms with van der Waals surface area (Å²) in [7, 11) is 0. The Labute approximate surface area is 120 Å². The Morgan fingerprint density at radius 3 is 2.80 bits per heavy atom. The molecule has 1 aromatic carbocycles. The molecule has 0 amide bonds. The van der Waals surface area contributed by atoms with Crippen LogP contribution >= 0.6 is 0 Å². The lowest BCUT2D eigenvalue weighted by Gasteiger charge is -2.13. The predicted molar refractivity (Wildman–Crippen MR) is 77.4 cm³/mol. The van der Waals surface area contributed by atoms with Crippen molar-refractivity contribution in [2.24, 2.45) is 5.92 Å². The summed E-state index contributed by atoms with van der Waals surface area (Å²) in [5.41, 5.74) is 0.876. The first-order valence-electron chi connectivity index (χ1n) is 7.37. The van der Waals surface area contributed by atoms with Crippen LogP contribution in [-0.2, 0) is 11.3 Å². The first-order chi connectivity index (χ1) is 9.65. The van der Waals surface area contributed by atoms with Gasteiger partial charge in [0.25, 0.3) is 0 Å². The molecule has 4 heteroatoms. The molecule has 0 spiro atoms. The highest BCUT2D eigenvalue weighted by Gasteiger charge is 2.20. The van der Waals surface area contributed by atoms with Crippen LogP contribution in [0.4, 0.5) is 4.39 Å². The first-order valence-corrected chi connectivity index (χ1v) is 7.37. The SMILES string of the molecule is CC(C)COCCOc1ccc(F)cc1CNC1CC1. The zero-order chi connectivity index (χ0) is 14.4. The van der Waals surface area contributed by atoms with Crippen molar-refractivity contribution in [3.05, 3.63) is 29.6 Å². The van der Waals surface area contributed by atoms with Gasteiger partial charge < -0.3 is 14.8 Å². The molecule has 112 valence electrons. The summed E-state index contributed by atoms with van der Waals surface area (Å²) >= 11 is 0. The molecule has 20 heavy (non-hydrogen) atoms. The van der Waals surface area contributed by atoms with Gasteiger partial charge in [-0.25, -0.2) is 4.39 Å². The molecule has 1 saturated carbocycles. The molecule has 0 radical (unpaired) electrons. The van der Waals surface area contributed by atoms with E-state index in [4.69, 9.17) is 9.47 Å². The van der Waals surface area contributed by atoms with Gasteiger partial charge in [-0.2, -0.15) is 0 Å². The standard InChI is InChI=1S/C16H24FNO2/c1-12(2)11-19-7-8-20-16-6-3-14(17)9-13(16)10-18-15-4-5-15/h3,6,9,12,15,18H,4-5,7-8,10-11H2,1-2H3. The molecule has 1 fully saturated rings. The molecule has 3 nitrogen and oxygen atoms in total. The van der Waals surface area contributed by atoms with Gasteiger partial charge in [0.05, 0.1) is 6.61 Å². The summed E-state index contributed by atoms with van der Waals surface area (Å²) < 4.78 is 24.5. The number of halogens is 1. The minimum atomic E-state index is -0.221. The van der Waals surface area contributed by atoms with Crippen LogP contribution in [0, 0.1) is 11.7 Å². The smallest absolute Gasteiger partial charge is 0.124 e. The molecule has 2 rings (SSSR count). The van der Waals surface area contributed by atoms with E-state index >= 15 is 0 Å². The van der Waals surface area contributed by atoms with E-state index in [1.165, 1.54) is 18.9 Å². The fraction of sp³-hybridized carbons (Fsp3) is 0.625. The van der Waals surface area contributed by atoms with Crippen molar-refractivity contribution in [1.82, 2.24) is 5.32 Å². The molecule has 1 aliphatic carbocycles. The van der Waals surface area contributed by atoms with Gasteiger partial charge in [-0.15, -0.1) is 0 Å². The van der Waals surface area contributed by atoms with Crippen molar-refractivity contribution >= 4 is 0 Å². The summed E-state index contributed by atoms with van der Waals surface area (Å²) in [5, 5.41) is 3.38. The second-order valence-electron chi connectivity index (χ2n) is 5.72. The average molecular weight is 281 g/mol. The van der Waals surface area contributed by atoms with Crippen molar-refractivity contribution in [3.8, 4) is 5.75 Å². The summed E-state index contributed by atoms with van der Waals surface area (Å²) in [6.45, 7) is 6.68. The van der Waals surface area contributed by atoms with E-state index in [0.29, 0.717) is 31.7 Å². The van der Waals surface area contributed by atoms with Gasteiger partial charge in [0.1, 0.15) is 18.2 Å². The molecule has 0 aromatic heterocycles. The van der Waals surface area contributed by atoms with Gasteiger partial charge >= 0.3 is 0 Å². The van der Waals surface area contributed by atoms with Crippen LogP contribution < -0.4 is 10.1 Å². The predicted octanol–water partition coefficient (Wildman–Crippen LogP) is 3.13. The molecule has 1 N–H and O–H groups in total. The molecular formula is C16H24FNO2. The Hall–Kier alpha value is -1.13. The molecular weight excluding hydrogens is 257 g/mol. The summed E-state index contributed by atoms with van der Waals surface area (Å²) in [6, 6.07) is 5.27. The van der Waals surface area contributed by atoms with E-state index in [9.17, 15) is 4.39 Å². The highest BCUT2D eigenvalue weighted by atomic mass is 19.1. The van der Waals surface area contributed by atoms with Gasteiger partial charge in [0, 0.05) is 24.8 Å². The number of hydrogen-bond acceptors (Lipinski definition) is 3. The quantitative estimate of drug-likeness (QED) is 0.705. The molecule has 0 aliphatic heterocycles. The van der Waals surface area contributed by atoms with Gasteiger partial charge in [-0.05, 0) is 37.0 Å². The molecule has 0 atom stereocenters. The van der Waals surface area contributed by atoms with Gasteiger partial charge in [0.15, 0.2) is 0 Å². The zero-order valence-electron chi connectivity index (χ0n) is 12.3. The average Bonchev–Trinajstić information content (AvgIpc) is 3.21. The number of hydrogen-bond donors (Lipinski definition) is 1. The topological polar surface area (TPSA) is 30.5 Å². The largest absolute Gasteiger partial charge is 0.491 e. The maximum Gasteiger partial charge on any atom is 0.124 e. The number of benzene rings is 1. The van der Waals surface area contributed by atoms with Crippen LogP contribution in [0.2, 0.25) is 0 Å². The van der Waals surface area contributed by atoms with E-state index in [0.717, 1.165) is 17.9 Å². The van der Waals surface area contributed by atoms with Crippen LogP contribution in [-0.4, -0.2) is 25.9 Å². The summed E-state index contributed by atoms with van der Waals surface area (Å²) in [4.78, 5) is 0. The Balaban J connectivity index is 1.79. The minimum absolute atomic E-state index is 0.221. The monoisotopic (exact) mass is 281 g/mol. The first kappa shape index (κ1) is 15.3. The van der Waals surface area contributed by atoms with Crippen molar-refractivity contribution in [2.45, 2.75) is 39.3 Å². The summed E-state index contributed by atoms with van der Waals surface area (Å²) in [6.07, 6.45) is 2.43. The zero-order valence-corrected chi connectivity index (χ0v) is 12.3. The van der Waals surface area contributed by atoms with Crippen molar-refractivity contribution in [2.75, 3.05) is 19.8 Å².